The number of nitrogens with one attached hydrogen (secondary N) is 1. The third-order valence-electron chi connectivity index (χ3n) is 1.51. The average molecular weight is 164 g/mol. The summed E-state index contributed by atoms with van der Waals surface area (Å²) in [4.78, 5) is 10.3. The van der Waals surface area contributed by atoms with Crippen LogP contribution in [0.1, 0.15) is 6.92 Å². The fraction of sp³-hybridized carbons (Fsp3) is 0.222. The van der Waals surface area contributed by atoms with Gasteiger partial charge in [0, 0.05) is 5.69 Å². The van der Waals surface area contributed by atoms with Crippen molar-refractivity contribution in [2.75, 3.05) is 5.32 Å². The maximum absolute atomic E-state index is 10.3. The zero-order valence-electron chi connectivity index (χ0n) is 6.78. The van der Waals surface area contributed by atoms with Crippen LogP contribution in [0.2, 0.25) is 0 Å². The lowest BCUT2D eigenvalue weighted by atomic mass is 10.3. The Labute approximate surface area is 71.0 Å². The lowest BCUT2D eigenvalue weighted by Crippen LogP contribution is -2.38. The first-order chi connectivity index (χ1) is 5.70. The van der Waals surface area contributed by atoms with Crippen molar-refractivity contribution in [1.29, 1.82) is 0 Å². The Kier molecular flexibility index (Phi) is 2.69. The Hall–Kier alpha value is -1.51. The van der Waals surface area contributed by atoms with Crippen molar-refractivity contribution in [1.82, 2.24) is 0 Å². The van der Waals surface area contributed by atoms with Gasteiger partial charge in [-0.15, -0.1) is 0 Å². The van der Waals surface area contributed by atoms with Gasteiger partial charge in [-0.1, -0.05) is 18.2 Å². The summed E-state index contributed by atoms with van der Waals surface area (Å²) >= 11 is 0. The second kappa shape index (κ2) is 3.76. The third-order valence-corrected chi connectivity index (χ3v) is 1.51. The summed E-state index contributed by atoms with van der Waals surface area (Å²) in [6.45, 7) is 1.54. The molecule has 0 saturated carbocycles. The molecule has 0 heterocycles. The maximum atomic E-state index is 10.3. The number of carbonyl (C=O) groups excluding carboxylic acids is 1. The van der Waals surface area contributed by atoms with Crippen LogP contribution in [-0.2, 0) is 4.79 Å². The quantitative estimate of drug-likeness (QED) is 0.696. The zero-order chi connectivity index (χ0) is 8.97. The monoisotopic (exact) mass is 164 g/mol. The first kappa shape index (κ1) is 8.59. The Morgan fingerprint density at radius 1 is 1.42 bits per heavy atom. The minimum atomic E-state index is -1.10. The summed E-state index contributed by atoms with van der Waals surface area (Å²) in [7, 11) is 0. The third kappa shape index (κ3) is 2.27. The van der Waals surface area contributed by atoms with Crippen LogP contribution >= 0.6 is 0 Å². The first-order valence-electron chi connectivity index (χ1n) is 3.72. The van der Waals surface area contributed by atoms with Gasteiger partial charge in [0.2, 0.25) is 0 Å². The molecule has 0 spiro atoms. The second-order valence-electron chi connectivity index (χ2n) is 2.55. The Bertz CT molecular complexity index is 258. The molecule has 0 amide bonds. The lowest BCUT2D eigenvalue weighted by Gasteiger charge is -2.15. The fourth-order valence-electron chi connectivity index (χ4n) is 0.843. The van der Waals surface area contributed by atoms with Crippen LogP contribution < -0.4 is 10.4 Å². The van der Waals surface area contributed by atoms with Gasteiger partial charge >= 0.3 is 0 Å². The molecule has 1 rings (SSSR count). The van der Waals surface area contributed by atoms with Crippen LogP contribution in [0.4, 0.5) is 5.69 Å². The first-order valence-corrected chi connectivity index (χ1v) is 3.72. The number of anilines is 1. The molecule has 0 aromatic heterocycles. The summed E-state index contributed by atoms with van der Waals surface area (Å²) in [6.07, 6.45) is 0. The number of rotatable bonds is 3. The molecule has 0 fully saturated rings. The molecule has 64 valence electrons. The molecule has 3 heteroatoms. The van der Waals surface area contributed by atoms with Gasteiger partial charge in [-0.05, 0) is 19.1 Å². The SMILES string of the molecule is C[C@@H](Nc1ccccc1)C(=O)[O-]. The van der Waals surface area contributed by atoms with Crippen LogP contribution in [0.15, 0.2) is 30.3 Å². The van der Waals surface area contributed by atoms with E-state index < -0.39 is 12.0 Å². The van der Waals surface area contributed by atoms with Crippen molar-refractivity contribution in [2.45, 2.75) is 13.0 Å². The van der Waals surface area contributed by atoms with Gasteiger partial charge in [-0.25, -0.2) is 0 Å². The molecule has 0 saturated heterocycles. The van der Waals surface area contributed by atoms with Crippen molar-refractivity contribution in [2.24, 2.45) is 0 Å². The average Bonchev–Trinajstić information content (AvgIpc) is 2.06. The molecule has 0 radical (unpaired) electrons. The molecular weight excluding hydrogens is 154 g/mol. The van der Waals surface area contributed by atoms with Crippen molar-refractivity contribution >= 4 is 11.7 Å². The normalized spacial score (nSPS) is 12.1. The van der Waals surface area contributed by atoms with Crippen molar-refractivity contribution in [3.63, 3.8) is 0 Å². The highest BCUT2D eigenvalue weighted by Gasteiger charge is 2.00. The molecule has 0 bridgehead atoms. The fourth-order valence-corrected chi connectivity index (χ4v) is 0.843. The largest absolute Gasteiger partial charge is 0.548 e. The standard InChI is InChI=1S/C9H11NO2/c1-7(9(11)12)10-8-5-3-2-4-6-8/h2-7,10H,1H3,(H,11,12)/p-1/t7-/m1/s1. The van der Waals surface area contributed by atoms with Gasteiger partial charge in [0.25, 0.3) is 0 Å². The number of carbonyl (C=O) groups is 1. The predicted octanol–water partition coefficient (Wildman–Crippen LogP) is 0.237. The number of para-hydroxylation sites is 1. The van der Waals surface area contributed by atoms with E-state index in [1.165, 1.54) is 0 Å². The minimum Gasteiger partial charge on any atom is -0.548 e. The summed E-state index contributed by atoms with van der Waals surface area (Å²) < 4.78 is 0. The Morgan fingerprint density at radius 3 is 2.50 bits per heavy atom. The molecule has 1 atom stereocenters. The van der Waals surface area contributed by atoms with Gasteiger partial charge in [-0.3, -0.25) is 0 Å². The summed E-state index contributed by atoms with van der Waals surface area (Å²) in [5.41, 5.74) is 0.786. The number of hydrogen-bond acceptors (Lipinski definition) is 3. The highest BCUT2D eigenvalue weighted by Crippen LogP contribution is 2.05. The molecule has 1 aromatic rings. The molecule has 0 unspecified atom stereocenters. The topological polar surface area (TPSA) is 52.2 Å². The van der Waals surface area contributed by atoms with Crippen molar-refractivity contribution in [3.05, 3.63) is 30.3 Å². The van der Waals surface area contributed by atoms with Crippen LogP contribution in [-0.4, -0.2) is 12.0 Å². The highest BCUT2D eigenvalue weighted by molar-refractivity contribution is 5.74. The van der Waals surface area contributed by atoms with Gasteiger partial charge in [-0.2, -0.15) is 0 Å². The zero-order valence-corrected chi connectivity index (χ0v) is 6.78. The molecule has 1 aromatic carbocycles. The van der Waals surface area contributed by atoms with E-state index in [1.807, 2.05) is 18.2 Å². The number of carboxylic acids is 1. The molecule has 0 aliphatic carbocycles. The van der Waals surface area contributed by atoms with E-state index in [9.17, 15) is 9.90 Å². The van der Waals surface area contributed by atoms with E-state index in [4.69, 9.17) is 0 Å². The smallest absolute Gasteiger partial charge is 0.0634 e. The minimum absolute atomic E-state index is 0.660. The molecule has 1 N–H and O–H groups in total. The van der Waals surface area contributed by atoms with Gasteiger partial charge in [0.05, 0.1) is 12.0 Å². The van der Waals surface area contributed by atoms with E-state index in [0.29, 0.717) is 0 Å². The van der Waals surface area contributed by atoms with Crippen LogP contribution in [0, 0.1) is 0 Å². The lowest BCUT2D eigenvalue weighted by molar-refractivity contribution is -0.306. The van der Waals surface area contributed by atoms with Crippen LogP contribution in [0.25, 0.3) is 0 Å². The van der Waals surface area contributed by atoms with Gasteiger partial charge < -0.3 is 15.2 Å². The molecule has 3 nitrogen and oxygen atoms in total. The van der Waals surface area contributed by atoms with E-state index >= 15 is 0 Å². The second-order valence-corrected chi connectivity index (χ2v) is 2.55. The van der Waals surface area contributed by atoms with Crippen molar-refractivity contribution in [3.8, 4) is 0 Å². The van der Waals surface area contributed by atoms with E-state index in [2.05, 4.69) is 5.32 Å². The summed E-state index contributed by atoms with van der Waals surface area (Å²) in [5, 5.41) is 13.1. The predicted molar refractivity (Wildman–Crippen MR) is 44.5 cm³/mol. The number of aliphatic carboxylic acids is 1. The maximum Gasteiger partial charge on any atom is 0.0634 e. The molecule has 0 aliphatic heterocycles. The van der Waals surface area contributed by atoms with Crippen LogP contribution in [0.5, 0.6) is 0 Å². The number of hydrogen-bond donors (Lipinski definition) is 1. The molecule has 0 aliphatic rings. The summed E-state index contributed by atoms with van der Waals surface area (Å²) in [5.74, 6) is -1.10. The number of benzene rings is 1. The van der Waals surface area contributed by atoms with Gasteiger partial charge in [0.15, 0.2) is 0 Å². The van der Waals surface area contributed by atoms with Crippen molar-refractivity contribution < 1.29 is 9.90 Å². The Balaban J connectivity index is 2.58. The Morgan fingerprint density at radius 2 is 2.00 bits per heavy atom. The molecule has 12 heavy (non-hydrogen) atoms. The molecular formula is C9H10NO2-. The summed E-state index contributed by atoms with van der Waals surface area (Å²) in [6, 6.07) is 8.50. The van der Waals surface area contributed by atoms with E-state index in [0.717, 1.165) is 5.69 Å². The van der Waals surface area contributed by atoms with E-state index in [-0.39, 0.29) is 0 Å². The van der Waals surface area contributed by atoms with E-state index in [1.54, 1.807) is 19.1 Å². The number of carboxylic acid groups (broad SMARTS) is 1. The van der Waals surface area contributed by atoms with Gasteiger partial charge in [0.1, 0.15) is 0 Å². The highest BCUT2D eigenvalue weighted by atomic mass is 16.4. The van der Waals surface area contributed by atoms with Crippen LogP contribution in [0.3, 0.4) is 0 Å².